The topological polar surface area (TPSA) is 27.5 Å². The Balaban J connectivity index is 1.61. The zero-order valence-corrected chi connectivity index (χ0v) is 18.3. The lowest BCUT2D eigenvalue weighted by atomic mass is 10.0. The van der Waals surface area contributed by atoms with Crippen LogP contribution in [0, 0.1) is 0 Å². The summed E-state index contributed by atoms with van der Waals surface area (Å²) in [6.07, 6.45) is 7.14. The lowest BCUT2D eigenvalue weighted by Gasteiger charge is -2.34. The minimum atomic E-state index is 1.02. The van der Waals surface area contributed by atoms with Crippen molar-refractivity contribution in [2.45, 2.75) is 19.9 Å². The summed E-state index contributed by atoms with van der Waals surface area (Å²) < 4.78 is 2.45. The van der Waals surface area contributed by atoms with Gasteiger partial charge in [-0.05, 0) is 68.1 Å². The van der Waals surface area contributed by atoms with Gasteiger partial charge < -0.3 is 19.3 Å². The third kappa shape index (κ3) is 3.53. The van der Waals surface area contributed by atoms with Crippen LogP contribution in [0.5, 0.6) is 0 Å². The molecule has 30 heavy (non-hydrogen) atoms. The number of piperazine rings is 1. The maximum absolute atomic E-state index is 4.16. The summed E-state index contributed by atoms with van der Waals surface area (Å²) in [4.78, 5) is 11.6. The fourth-order valence-electron chi connectivity index (χ4n) is 4.81. The number of hydrogen-bond acceptors (Lipinski definition) is 4. The van der Waals surface area contributed by atoms with Gasteiger partial charge in [0.25, 0.3) is 0 Å². The number of pyridine rings is 1. The third-order valence-corrected chi connectivity index (χ3v) is 6.69. The average molecular weight is 402 g/mol. The van der Waals surface area contributed by atoms with Gasteiger partial charge in [0.1, 0.15) is 0 Å². The van der Waals surface area contributed by atoms with Crippen LogP contribution in [0.3, 0.4) is 0 Å². The van der Waals surface area contributed by atoms with Crippen LogP contribution in [0.25, 0.3) is 22.7 Å². The molecule has 0 aliphatic carbocycles. The summed E-state index contributed by atoms with van der Waals surface area (Å²) >= 11 is 0. The van der Waals surface area contributed by atoms with Gasteiger partial charge in [0.2, 0.25) is 0 Å². The Kier molecular flexibility index (Phi) is 5.09. The first kappa shape index (κ1) is 19.3. The molecule has 4 heterocycles. The Bertz CT molecular complexity index is 1070. The quantitative estimate of drug-likeness (QED) is 0.667. The van der Waals surface area contributed by atoms with Gasteiger partial charge in [0, 0.05) is 81.1 Å². The average Bonchev–Trinajstić information content (AvgIpc) is 3.07. The van der Waals surface area contributed by atoms with E-state index >= 15 is 0 Å². The molecule has 5 rings (SSSR count). The predicted octanol–water partition coefficient (Wildman–Crippen LogP) is 3.79. The minimum Gasteiger partial charge on any atom is -0.369 e. The number of nitrogens with zero attached hydrogens (tertiary/aromatic N) is 5. The summed E-state index contributed by atoms with van der Waals surface area (Å²) in [6, 6.07) is 11.3. The van der Waals surface area contributed by atoms with Crippen LogP contribution in [-0.4, -0.2) is 66.2 Å². The Labute approximate surface area is 179 Å². The molecule has 0 N–H and O–H groups in total. The maximum Gasteiger partial charge on any atom is 0.0530 e. The first-order valence-corrected chi connectivity index (χ1v) is 11.0. The van der Waals surface area contributed by atoms with Gasteiger partial charge in [-0.25, -0.2) is 0 Å². The van der Waals surface area contributed by atoms with E-state index in [0.717, 1.165) is 45.7 Å². The van der Waals surface area contributed by atoms with E-state index in [1.54, 1.807) is 0 Å². The van der Waals surface area contributed by atoms with Gasteiger partial charge in [-0.15, -0.1) is 0 Å². The Morgan fingerprint density at radius 3 is 2.47 bits per heavy atom. The Morgan fingerprint density at radius 1 is 0.933 bits per heavy atom. The summed E-state index contributed by atoms with van der Waals surface area (Å²) in [5.41, 5.74) is 8.13. The molecule has 3 aromatic rings. The van der Waals surface area contributed by atoms with Crippen LogP contribution in [0.1, 0.15) is 23.7 Å². The lowest BCUT2D eigenvalue weighted by molar-refractivity contribution is 0.311. The van der Waals surface area contributed by atoms with Crippen molar-refractivity contribution in [2.24, 2.45) is 0 Å². The van der Waals surface area contributed by atoms with Crippen LogP contribution in [-0.2, 0) is 13.0 Å². The maximum atomic E-state index is 4.16. The first-order valence-electron chi connectivity index (χ1n) is 11.0. The van der Waals surface area contributed by atoms with Gasteiger partial charge in [0.05, 0.1) is 5.52 Å². The van der Waals surface area contributed by atoms with Crippen molar-refractivity contribution >= 4 is 28.4 Å². The van der Waals surface area contributed by atoms with Crippen molar-refractivity contribution in [3.63, 3.8) is 0 Å². The van der Waals surface area contributed by atoms with Crippen LogP contribution < -0.4 is 4.90 Å². The second-order valence-electron chi connectivity index (χ2n) is 8.82. The molecule has 0 unspecified atom stereocenters. The van der Waals surface area contributed by atoms with E-state index in [4.69, 9.17) is 0 Å². The zero-order chi connectivity index (χ0) is 20.7. The van der Waals surface area contributed by atoms with Crippen molar-refractivity contribution in [1.82, 2.24) is 19.4 Å². The molecular weight excluding hydrogens is 370 g/mol. The highest BCUT2D eigenvalue weighted by atomic mass is 15.2. The fourth-order valence-corrected chi connectivity index (χ4v) is 4.81. The number of benzene rings is 1. The molecule has 0 saturated carbocycles. The van der Waals surface area contributed by atoms with Crippen molar-refractivity contribution in [3.8, 4) is 0 Å². The second kappa shape index (κ2) is 7.89. The monoisotopic (exact) mass is 401 g/mol. The number of likely N-dealkylation sites (N-methyl/N-ethyl adjacent to an activating group) is 2. The Morgan fingerprint density at radius 2 is 1.70 bits per heavy atom. The number of fused-ring (bicyclic) bond motifs is 3. The molecule has 0 bridgehead atoms. The number of anilines is 1. The number of hydrogen-bond donors (Lipinski definition) is 0. The van der Waals surface area contributed by atoms with E-state index in [1.165, 1.54) is 39.0 Å². The molecule has 2 aromatic heterocycles. The predicted molar refractivity (Wildman–Crippen MR) is 126 cm³/mol. The van der Waals surface area contributed by atoms with Crippen molar-refractivity contribution < 1.29 is 0 Å². The molecule has 1 fully saturated rings. The van der Waals surface area contributed by atoms with E-state index in [1.807, 2.05) is 12.4 Å². The van der Waals surface area contributed by atoms with E-state index in [2.05, 4.69) is 81.8 Å². The zero-order valence-electron chi connectivity index (χ0n) is 18.3. The third-order valence-electron chi connectivity index (χ3n) is 6.69. The molecule has 0 radical (unpaired) electrons. The molecule has 5 heteroatoms. The number of allylic oxidation sites excluding steroid dienone is 1. The fraction of sp³-hybridized carbons (Fsp3) is 0.400. The molecule has 0 spiro atoms. The van der Waals surface area contributed by atoms with Gasteiger partial charge in [-0.3, -0.25) is 4.98 Å². The van der Waals surface area contributed by atoms with Crippen LogP contribution in [0.15, 0.2) is 42.7 Å². The largest absolute Gasteiger partial charge is 0.369 e. The summed E-state index contributed by atoms with van der Waals surface area (Å²) in [6.45, 7) is 8.80. The Hall–Kier alpha value is -2.63. The number of aromatic nitrogens is 2. The van der Waals surface area contributed by atoms with Crippen molar-refractivity contribution in [3.05, 3.63) is 59.5 Å². The summed E-state index contributed by atoms with van der Waals surface area (Å²) in [7, 11) is 4.44. The number of rotatable bonds is 3. The van der Waals surface area contributed by atoms with Gasteiger partial charge in [-0.1, -0.05) is 0 Å². The molecule has 2 aliphatic heterocycles. The molecule has 1 saturated heterocycles. The molecule has 156 valence electrons. The standard InChI is InChI=1S/C25H31N5/c1-19(20-6-9-26-10-7-20)17-30-24-5-4-21(29-14-12-27(2)13-15-29)16-22(24)23-18-28(3)11-8-25(23)30/h4-7,9-10,16-17H,8,11-15,18H2,1-3H3/b19-17-. The van der Waals surface area contributed by atoms with E-state index < -0.39 is 0 Å². The summed E-state index contributed by atoms with van der Waals surface area (Å²) in [5, 5.41) is 1.41. The second-order valence-corrected chi connectivity index (χ2v) is 8.82. The normalized spacial score (nSPS) is 18.8. The van der Waals surface area contributed by atoms with Gasteiger partial charge in [-0.2, -0.15) is 0 Å². The van der Waals surface area contributed by atoms with Crippen LogP contribution in [0.2, 0.25) is 0 Å². The van der Waals surface area contributed by atoms with Crippen molar-refractivity contribution in [1.29, 1.82) is 0 Å². The van der Waals surface area contributed by atoms with Gasteiger partial charge in [0.15, 0.2) is 0 Å². The first-order chi connectivity index (χ1) is 14.6. The van der Waals surface area contributed by atoms with Gasteiger partial charge >= 0.3 is 0 Å². The minimum absolute atomic E-state index is 1.02. The molecule has 1 aromatic carbocycles. The molecule has 0 atom stereocenters. The van der Waals surface area contributed by atoms with E-state index in [-0.39, 0.29) is 0 Å². The highest BCUT2D eigenvalue weighted by Gasteiger charge is 2.23. The lowest BCUT2D eigenvalue weighted by Crippen LogP contribution is -2.44. The highest BCUT2D eigenvalue weighted by Crippen LogP contribution is 2.34. The smallest absolute Gasteiger partial charge is 0.0530 e. The summed E-state index contributed by atoms with van der Waals surface area (Å²) in [5.74, 6) is 0. The van der Waals surface area contributed by atoms with Crippen LogP contribution in [0.4, 0.5) is 5.69 Å². The van der Waals surface area contributed by atoms with Crippen LogP contribution >= 0.6 is 0 Å². The van der Waals surface area contributed by atoms with E-state index in [0.29, 0.717) is 0 Å². The molecule has 0 amide bonds. The molecule has 5 nitrogen and oxygen atoms in total. The van der Waals surface area contributed by atoms with E-state index in [9.17, 15) is 0 Å². The SMILES string of the molecule is C/C(=C/n1c2c(c3cc(N4CCN(C)CC4)ccc31)CN(C)CC2)c1ccncc1. The molecular formula is C25H31N5. The molecule has 2 aliphatic rings. The highest BCUT2D eigenvalue weighted by molar-refractivity contribution is 5.92. The van der Waals surface area contributed by atoms with Crippen molar-refractivity contribution in [2.75, 3.05) is 51.7 Å².